The quantitative estimate of drug-likeness (QED) is 0.638. The van der Waals surface area contributed by atoms with E-state index in [0.29, 0.717) is 25.8 Å². The predicted molar refractivity (Wildman–Crippen MR) is 107 cm³/mol. The lowest BCUT2D eigenvalue weighted by molar-refractivity contribution is -0.122. The summed E-state index contributed by atoms with van der Waals surface area (Å²) in [4.78, 5) is 24.2. The van der Waals surface area contributed by atoms with Crippen LogP contribution in [0.25, 0.3) is 11.0 Å². The molecule has 1 atom stereocenters. The van der Waals surface area contributed by atoms with Crippen LogP contribution in [-0.2, 0) is 22.6 Å². The zero-order valence-corrected chi connectivity index (χ0v) is 16.4. The lowest BCUT2D eigenvalue weighted by Gasteiger charge is -2.29. The minimum atomic E-state index is -0.305. The first kappa shape index (κ1) is 18.1. The highest BCUT2D eigenvalue weighted by atomic mass is 32.1. The molecule has 2 aromatic heterocycles. The van der Waals surface area contributed by atoms with Crippen molar-refractivity contribution in [3.63, 3.8) is 0 Å². The van der Waals surface area contributed by atoms with Crippen LogP contribution >= 0.6 is 23.1 Å². The highest BCUT2D eigenvalue weighted by molar-refractivity contribution is 7.07. The molecule has 1 aliphatic heterocycles. The van der Waals surface area contributed by atoms with E-state index in [0.717, 1.165) is 29.4 Å². The first-order valence-electron chi connectivity index (χ1n) is 8.92. The number of nitrogens with zero attached hydrogens (tertiary/aromatic N) is 2. The third kappa shape index (κ3) is 4.33. The number of fused-ring (bicyclic) bond motifs is 1. The number of aromatic nitrogens is 2. The Morgan fingerprint density at radius 3 is 2.89 bits per heavy atom. The smallest absolute Gasteiger partial charge is 0.220 e. The first-order valence-corrected chi connectivity index (χ1v) is 10.6. The molecule has 3 aromatic rings. The fraction of sp³-hybridized carbons (Fsp3) is 0.368. The van der Waals surface area contributed by atoms with Gasteiger partial charge in [0.25, 0.3) is 0 Å². The van der Waals surface area contributed by atoms with Crippen molar-refractivity contribution >= 4 is 45.9 Å². The van der Waals surface area contributed by atoms with E-state index in [1.54, 1.807) is 11.3 Å². The van der Waals surface area contributed by atoms with Gasteiger partial charge < -0.3 is 10.6 Å². The number of carbonyl (C=O) groups excluding carboxylic acids is 2. The number of thiophene rings is 1. The molecule has 0 spiro atoms. The van der Waals surface area contributed by atoms with E-state index >= 15 is 0 Å². The highest BCUT2D eigenvalue weighted by Crippen LogP contribution is 2.30. The molecular weight excluding hydrogens is 380 g/mol. The Morgan fingerprint density at radius 1 is 1.22 bits per heavy atom. The summed E-state index contributed by atoms with van der Waals surface area (Å²) in [5.74, 6) is 0.0770. The molecule has 0 radical (unpaired) electrons. The van der Waals surface area contributed by atoms with Crippen molar-refractivity contribution in [3.05, 3.63) is 46.2 Å². The van der Waals surface area contributed by atoms with E-state index in [1.807, 2.05) is 23.6 Å². The van der Waals surface area contributed by atoms with E-state index in [4.69, 9.17) is 0 Å². The van der Waals surface area contributed by atoms with E-state index in [9.17, 15) is 9.59 Å². The van der Waals surface area contributed by atoms with E-state index in [-0.39, 0.29) is 17.4 Å². The maximum absolute atomic E-state index is 12.4. The van der Waals surface area contributed by atoms with Gasteiger partial charge in [-0.05, 0) is 59.3 Å². The number of benzene rings is 1. The molecule has 0 saturated carbocycles. The van der Waals surface area contributed by atoms with Gasteiger partial charge in [-0.15, -0.1) is 0 Å². The third-order valence-corrected chi connectivity index (χ3v) is 6.29. The van der Waals surface area contributed by atoms with Crippen molar-refractivity contribution in [2.75, 3.05) is 0 Å². The van der Waals surface area contributed by atoms with Crippen LogP contribution in [0.15, 0.2) is 35.0 Å². The van der Waals surface area contributed by atoms with Crippen LogP contribution in [0.3, 0.4) is 0 Å². The van der Waals surface area contributed by atoms with Crippen molar-refractivity contribution in [3.8, 4) is 0 Å². The highest BCUT2D eigenvalue weighted by Gasteiger charge is 2.37. The van der Waals surface area contributed by atoms with Gasteiger partial charge >= 0.3 is 0 Å². The molecule has 1 unspecified atom stereocenters. The molecule has 6 nitrogen and oxygen atoms in total. The van der Waals surface area contributed by atoms with Crippen LogP contribution in [0.1, 0.15) is 36.8 Å². The summed E-state index contributed by atoms with van der Waals surface area (Å²) in [6, 6.07) is 7.91. The summed E-state index contributed by atoms with van der Waals surface area (Å²) in [6.07, 6.45) is 3.14. The number of hydrogen-bond acceptors (Lipinski definition) is 6. The number of amides is 2. The Hall–Kier alpha value is -2.32. The lowest BCUT2D eigenvalue weighted by Crippen LogP contribution is -2.44. The van der Waals surface area contributed by atoms with Crippen molar-refractivity contribution in [2.24, 2.45) is 0 Å². The molecule has 0 bridgehead atoms. The first-order chi connectivity index (χ1) is 13.1. The number of rotatable bonds is 7. The molecule has 1 saturated heterocycles. The second-order valence-corrected chi connectivity index (χ2v) is 8.31. The molecule has 140 valence electrons. The van der Waals surface area contributed by atoms with Gasteiger partial charge in [0.05, 0.1) is 11.7 Å². The summed E-state index contributed by atoms with van der Waals surface area (Å²) >= 11 is 2.84. The Morgan fingerprint density at radius 2 is 2.11 bits per heavy atom. The van der Waals surface area contributed by atoms with Gasteiger partial charge in [-0.3, -0.25) is 9.59 Å². The van der Waals surface area contributed by atoms with E-state index in [1.165, 1.54) is 17.3 Å². The Balaban J connectivity index is 1.33. The van der Waals surface area contributed by atoms with Crippen LogP contribution in [0, 0.1) is 0 Å². The molecule has 27 heavy (non-hydrogen) atoms. The molecule has 3 heterocycles. The molecule has 2 amide bonds. The van der Waals surface area contributed by atoms with Gasteiger partial charge in [-0.2, -0.15) is 20.1 Å². The number of hydrogen-bond donors (Lipinski definition) is 2. The molecule has 4 rings (SSSR count). The molecule has 0 aliphatic carbocycles. The van der Waals surface area contributed by atoms with Gasteiger partial charge in [0.15, 0.2) is 0 Å². The second kappa shape index (κ2) is 7.74. The van der Waals surface area contributed by atoms with E-state index in [2.05, 4.69) is 30.8 Å². The normalized spacial score (nSPS) is 19.3. The van der Waals surface area contributed by atoms with Crippen LogP contribution in [0.4, 0.5) is 0 Å². The average Bonchev–Trinajstić information content (AvgIpc) is 3.40. The molecular formula is C19H20N4O2S2. The second-order valence-electron chi connectivity index (χ2n) is 7.00. The molecule has 1 aromatic carbocycles. The zero-order chi connectivity index (χ0) is 18.7. The SMILES string of the molecule is O=C(CCC1(Cc2ccsc2)CCC(=O)N1)NCc1ccc2nsnc2c1. The fourth-order valence-electron chi connectivity index (χ4n) is 3.55. The van der Waals surface area contributed by atoms with Crippen molar-refractivity contribution in [1.29, 1.82) is 0 Å². The summed E-state index contributed by atoms with van der Waals surface area (Å²) < 4.78 is 8.41. The van der Waals surface area contributed by atoms with Gasteiger partial charge in [0.2, 0.25) is 11.8 Å². The topological polar surface area (TPSA) is 84.0 Å². The van der Waals surface area contributed by atoms with Crippen LogP contribution in [0.5, 0.6) is 0 Å². The standard InChI is InChI=1S/C19H20N4O2S2/c24-17(20-11-13-1-2-15-16(9-13)23-27-22-15)3-6-19(7-4-18(25)21-19)10-14-5-8-26-12-14/h1-2,5,8-9,12H,3-4,6-7,10-11H2,(H,20,24)(H,21,25). The third-order valence-electron chi connectivity index (χ3n) is 5.00. The summed E-state index contributed by atoms with van der Waals surface area (Å²) in [5, 5.41) is 10.2. The summed E-state index contributed by atoms with van der Waals surface area (Å²) in [6.45, 7) is 0.468. The molecule has 1 fully saturated rings. The maximum atomic E-state index is 12.4. The van der Waals surface area contributed by atoms with Crippen molar-refractivity contribution in [1.82, 2.24) is 19.4 Å². The average molecular weight is 401 g/mol. The van der Waals surface area contributed by atoms with E-state index < -0.39 is 0 Å². The Bertz CT molecular complexity index is 954. The summed E-state index contributed by atoms with van der Waals surface area (Å²) in [7, 11) is 0. The molecule has 1 aliphatic rings. The zero-order valence-electron chi connectivity index (χ0n) is 14.7. The predicted octanol–water partition coefficient (Wildman–Crippen LogP) is 3.04. The van der Waals surface area contributed by atoms with Gasteiger partial charge in [-0.25, -0.2) is 0 Å². The lowest BCUT2D eigenvalue weighted by atomic mass is 9.85. The number of nitrogens with one attached hydrogen (secondary N) is 2. The maximum Gasteiger partial charge on any atom is 0.220 e. The van der Waals surface area contributed by atoms with Gasteiger partial charge in [-0.1, -0.05) is 6.07 Å². The minimum Gasteiger partial charge on any atom is -0.352 e. The van der Waals surface area contributed by atoms with Crippen LogP contribution < -0.4 is 10.6 Å². The summed E-state index contributed by atoms with van der Waals surface area (Å²) in [5.41, 5.74) is 3.65. The molecule has 2 N–H and O–H groups in total. The van der Waals surface area contributed by atoms with Gasteiger partial charge in [0, 0.05) is 24.9 Å². The van der Waals surface area contributed by atoms with Crippen LogP contribution in [-0.4, -0.2) is 26.1 Å². The fourth-order valence-corrected chi connectivity index (χ4v) is 4.73. The monoisotopic (exact) mass is 400 g/mol. The largest absolute Gasteiger partial charge is 0.352 e. The van der Waals surface area contributed by atoms with Crippen molar-refractivity contribution in [2.45, 2.75) is 44.2 Å². The van der Waals surface area contributed by atoms with Crippen LogP contribution in [0.2, 0.25) is 0 Å². The Kier molecular flexibility index (Phi) is 5.18. The molecule has 8 heteroatoms. The Labute approximate surface area is 165 Å². The number of carbonyl (C=O) groups is 2. The minimum absolute atomic E-state index is 0.00246. The van der Waals surface area contributed by atoms with Crippen molar-refractivity contribution < 1.29 is 9.59 Å². The van der Waals surface area contributed by atoms with Gasteiger partial charge in [0.1, 0.15) is 11.0 Å².